The van der Waals surface area contributed by atoms with Crippen molar-refractivity contribution in [3.05, 3.63) is 41.7 Å². The van der Waals surface area contributed by atoms with Gasteiger partial charge in [0.05, 0.1) is 16.5 Å². The number of nitrogens with zero attached hydrogens (tertiary/aromatic N) is 3. The Hall–Kier alpha value is -3.10. The maximum Gasteiger partial charge on any atom is 0.226 e. The summed E-state index contributed by atoms with van der Waals surface area (Å²) in [6.45, 7) is 2.09. The van der Waals surface area contributed by atoms with Crippen molar-refractivity contribution in [3.8, 4) is 0 Å². The van der Waals surface area contributed by atoms with Gasteiger partial charge in [-0.1, -0.05) is 0 Å². The molecule has 0 radical (unpaired) electrons. The molecule has 5 rings (SSSR count). The molecule has 3 aromatic heterocycles. The van der Waals surface area contributed by atoms with Crippen LogP contribution in [0.4, 0.5) is 20.4 Å². The van der Waals surface area contributed by atoms with E-state index in [9.17, 15) is 13.6 Å². The minimum Gasteiger partial charge on any atom is -0.367 e. The molecule has 3 aromatic rings. The predicted octanol–water partition coefficient (Wildman–Crippen LogP) is 4.63. The van der Waals surface area contributed by atoms with Crippen LogP contribution in [0.25, 0.3) is 11.0 Å². The second-order valence-corrected chi connectivity index (χ2v) is 8.88. The number of aromatic nitrogens is 4. The highest BCUT2D eigenvalue weighted by Gasteiger charge is 2.29. The summed E-state index contributed by atoms with van der Waals surface area (Å²) in [5.74, 6) is 0.187. The van der Waals surface area contributed by atoms with Crippen molar-refractivity contribution >= 4 is 28.5 Å². The van der Waals surface area contributed by atoms with Gasteiger partial charge < -0.3 is 15.6 Å². The molecule has 0 amide bonds. The molecule has 0 bridgehead atoms. The summed E-state index contributed by atoms with van der Waals surface area (Å²) in [4.78, 5) is 28.7. The summed E-state index contributed by atoms with van der Waals surface area (Å²) in [5, 5.41) is 7.09. The summed E-state index contributed by atoms with van der Waals surface area (Å²) in [6.07, 6.45) is 6.91. The molecule has 0 saturated heterocycles. The lowest BCUT2D eigenvalue weighted by atomic mass is 9.94. The molecule has 1 atom stereocenters. The normalized spacial score (nSPS) is 22.0. The van der Waals surface area contributed by atoms with Crippen molar-refractivity contribution < 1.29 is 13.6 Å². The first-order valence-corrected chi connectivity index (χ1v) is 11.2. The van der Waals surface area contributed by atoms with Crippen LogP contribution in [0.5, 0.6) is 0 Å². The van der Waals surface area contributed by atoms with Gasteiger partial charge in [-0.25, -0.2) is 19.3 Å². The summed E-state index contributed by atoms with van der Waals surface area (Å²) >= 11 is 0. The highest BCUT2D eigenvalue weighted by Crippen LogP contribution is 2.35. The van der Waals surface area contributed by atoms with E-state index in [4.69, 9.17) is 0 Å². The molecule has 7 nitrogen and oxygen atoms in total. The van der Waals surface area contributed by atoms with Gasteiger partial charge in [-0.15, -0.1) is 0 Å². The zero-order chi connectivity index (χ0) is 22.2. The second kappa shape index (κ2) is 8.44. The predicted molar refractivity (Wildman–Crippen MR) is 118 cm³/mol. The third-order valence-electron chi connectivity index (χ3n) is 6.51. The van der Waals surface area contributed by atoms with Gasteiger partial charge >= 0.3 is 0 Å². The van der Waals surface area contributed by atoms with E-state index in [-0.39, 0.29) is 17.6 Å². The molecule has 2 aliphatic carbocycles. The minimum absolute atomic E-state index is 0.0586. The number of aromatic amines is 1. The Kier molecular flexibility index (Phi) is 5.48. The smallest absolute Gasteiger partial charge is 0.226 e. The molecule has 0 spiro atoms. The number of carbonyl (C=O) groups excluding carboxylic acids is 1. The van der Waals surface area contributed by atoms with E-state index in [2.05, 4.69) is 37.5 Å². The van der Waals surface area contributed by atoms with Gasteiger partial charge in [-0.2, -0.15) is 4.39 Å². The Labute approximate surface area is 184 Å². The van der Waals surface area contributed by atoms with E-state index >= 15 is 0 Å². The molecule has 32 heavy (non-hydrogen) atoms. The highest BCUT2D eigenvalue weighted by molar-refractivity contribution is 6.18. The number of ketones is 1. The van der Waals surface area contributed by atoms with Crippen molar-refractivity contribution in [2.75, 3.05) is 10.6 Å². The number of hydrogen-bond acceptors (Lipinski definition) is 6. The van der Waals surface area contributed by atoms with E-state index < -0.39 is 17.9 Å². The van der Waals surface area contributed by atoms with Crippen molar-refractivity contribution in [2.45, 2.75) is 63.7 Å². The summed E-state index contributed by atoms with van der Waals surface area (Å²) in [5.41, 5.74) is 0.701. The first kappa shape index (κ1) is 20.8. The number of rotatable bonds is 7. The van der Waals surface area contributed by atoms with Gasteiger partial charge in [-0.3, -0.25) is 4.79 Å². The fraction of sp³-hybridized carbons (Fsp3) is 0.478. The Morgan fingerprint density at radius 1 is 1.12 bits per heavy atom. The van der Waals surface area contributed by atoms with Crippen molar-refractivity contribution in [2.24, 2.45) is 5.92 Å². The Morgan fingerprint density at radius 2 is 1.91 bits per heavy atom. The van der Waals surface area contributed by atoms with Crippen LogP contribution in [0.3, 0.4) is 0 Å². The van der Waals surface area contributed by atoms with E-state index in [1.54, 1.807) is 6.07 Å². The molecule has 0 aromatic carbocycles. The zero-order valence-corrected chi connectivity index (χ0v) is 17.9. The number of nitrogens with one attached hydrogen (secondary N) is 3. The van der Waals surface area contributed by atoms with Crippen LogP contribution in [0.15, 0.2) is 24.7 Å². The first-order chi connectivity index (χ1) is 15.5. The molecule has 2 saturated carbocycles. The Bertz CT molecular complexity index is 1140. The molecule has 0 aliphatic heterocycles. The van der Waals surface area contributed by atoms with Crippen LogP contribution in [-0.2, 0) is 0 Å². The summed E-state index contributed by atoms with van der Waals surface area (Å²) < 4.78 is 28.2. The number of pyridine rings is 1. The average molecular weight is 440 g/mol. The minimum atomic E-state index is -0.841. The molecule has 2 fully saturated rings. The molecule has 9 heteroatoms. The van der Waals surface area contributed by atoms with Crippen molar-refractivity contribution in [1.29, 1.82) is 0 Å². The molecule has 0 unspecified atom stereocenters. The quantitative estimate of drug-likeness (QED) is 0.366. The molecular weight excluding hydrogens is 414 g/mol. The Morgan fingerprint density at radius 3 is 2.62 bits per heavy atom. The summed E-state index contributed by atoms with van der Waals surface area (Å²) in [6, 6.07) is 3.32. The fourth-order valence-electron chi connectivity index (χ4n) is 4.42. The number of alkyl halides is 1. The van der Waals surface area contributed by atoms with Gasteiger partial charge in [0.15, 0.2) is 5.78 Å². The van der Waals surface area contributed by atoms with Gasteiger partial charge in [0.1, 0.15) is 29.8 Å². The van der Waals surface area contributed by atoms with Crippen LogP contribution < -0.4 is 10.6 Å². The van der Waals surface area contributed by atoms with Crippen molar-refractivity contribution in [1.82, 2.24) is 19.9 Å². The second-order valence-electron chi connectivity index (χ2n) is 8.88. The number of halogens is 2. The number of H-pyrrole nitrogens is 1. The lowest BCUT2D eigenvalue weighted by Gasteiger charge is -2.25. The number of hydrogen-bond donors (Lipinski definition) is 3. The van der Waals surface area contributed by atoms with Crippen LogP contribution in [0.2, 0.25) is 0 Å². The SMILES string of the molecule is C[C@H](Nc1ncnc2[nH]cc(C(=O)c3ccc(NC4CCC(F)CC4)nc3F)c12)C1CC1. The lowest BCUT2D eigenvalue weighted by molar-refractivity contribution is 0.103. The number of anilines is 2. The molecule has 2 aliphatic rings. The molecule has 168 valence electrons. The standard InChI is InChI=1S/C23H26F2N6O/c1-12(13-2-3-13)29-23-19-17(10-26-22(19)27-11-28-23)20(32)16-8-9-18(31-21(16)25)30-15-6-4-14(24)5-7-15/h8-15H,2-7H2,1H3,(H,30,31)(H2,26,27,28,29)/t12-,14?,15?/m0/s1. The van der Waals surface area contributed by atoms with E-state index in [0.29, 0.717) is 59.8 Å². The summed E-state index contributed by atoms with van der Waals surface area (Å²) in [7, 11) is 0. The number of carbonyl (C=O) groups is 1. The van der Waals surface area contributed by atoms with E-state index in [1.807, 2.05) is 0 Å². The van der Waals surface area contributed by atoms with Gasteiger partial charge in [0, 0.05) is 18.3 Å². The zero-order valence-electron chi connectivity index (χ0n) is 17.9. The van der Waals surface area contributed by atoms with E-state index in [1.165, 1.54) is 31.4 Å². The largest absolute Gasteiger partial charge is 0.367 e. The van der Waals surface area contributed by atoms with Crippen LogP contribution in [-0.4, -0.2) is 44.0 Å². The number of fused-ring (bicyclic) bond motifs is 1. The maximum absolute atomic E-state index is 14.8. The van der Waals surface area contributed by atoms with Crippen LogP contribution in [0, 0.1) is 11.9 Å². The first-order valence-electron chi connectivity index (χ1n) is 11.2. The van der Waals surface area contributed by atoms with Gasteiger partial charge in [0.25, 0.3) is 0 Å². The Balaban J connectivity index is 1.39. The highest BCUT2D eigenvalue weighted by atomic mass is 19.1. The maximum atomic E-state index is 14.8. The molecule has 3 N–H and O–H groups in total. The topological polar surface area (TPSA) is 95.6 Å². The molecular formula is C23H26F2N6O. The van der Waals surface area contributed by atoms with Crippen LogP contribution >= 0.6 is 0 Å². The van der Waals surface area contributed by atoms with Gasteiger partial charge in [0.2, 0.25) is 5.95 Å². The van der Waals surface area contributed by atoms with Crippen molar-refractivity contribution in [3.63, 3.8) is 0 Å². The van der Waals surface area contributed by atoms with Gasteiger partial charge in [-0.05, 0) is 63.5 Å². The lowest BCUT2D eigenvalue weighted by Crippen LogP contribution is -2.27. The fourth-order valence-corrected chi connectivity index (χ4v) is 4.42. The molecule has 3 heterocycles. The monoisotopic (exact) mass is 440 g/mol. The average Bonchev–Trinajstić information content (AvgIpc) is 3.54. The third-order valence-corrected chi connectivity index (χ3v) is 6.51. The van der Waals surface area contributed by atoms with E-state index in [0.717, 1.165) is 0 Å². The third kappa shape index (κ3) is 4.16. The van der Waals surface area contributed by atoms with Crippen LogP contribution in [0.1, 0.15) is 61.4 Å².